The maximum Gasteiger partial charge on any atom is 0.158 e. The summed E-state index contributed by atoms with van der Waals surface area (Å²) in [7, 11) is 0. The average molecular weight is 197 g/mol. The molecular weight excluding hydrogens is 188 g/mol. The lowest BCUT2D eigenvalue weighted by Crippen LogP contribution is -1.72. The van der Waals surface area contributed by atoms with E-state index < -0.39 is 0 Å². The van der Waals surface area contributed by atoms with E-state index in [1.165, 1.54) is 0 Å². The molecule has 0 saturated carbocycles. The lowest BCUT2D eigenvalue weighted by Gasteiger charge is -2.00. The third-order valence-electron chi connectivity index (χ3n) is 1.84. The highest BCUT2D eigenvalue weighted by Gasteiger charge is 1.99. The zero-order valence-electron chi connectivity index (χ0n) is 6.77. The summed E-state index contributed by atoms with van der Waals surface area (Å²) in [6.45, 7) is 0. The molecule has 0 unspecified atom stereocenters. The Morgan fingerprint density at radius 3 is 1.54 bits per heavy atom. The SMILES string of the molecule is Cl.Oc1cc2ccccc2cc1O. The molecule has 2 rings (SSSR count). The normalized spacial score (nSPS) is 9.54. The second-order valence-corrected chi connectivity index (χ2v) is 2.69. The number of fused-ring (bicyclic) bond motifs is 1. The van der Waals surface area contributed by atoms with E-state index >= 15 is 0 Å². The highest BCUT2D eigenvalue weighted by atomic mass is 35.5. The molecule has 0 aromatic heterocycles. The van der Waals surface area contributed by atoms with Crippen molar-refractivity contribution in [2.24, 2.45) is 0 Å². The van der Waals surface area contributed by atoms with Crippen LogP contribution in [0.15, 0.2) is 36.4 Å². The molecule has 0 bridgehead atoms. The first-order valence-corrected chi connectivity index (χ1v) is 3.68. The Hall–Kier alpha value is -1.41. The number of halogens is 1. The molecule has 0 fully saturated rings. The third kappa shape index (κ3) is 1.68. The number of aromatic hydroxyl groups is 2. The van der Waals surface area contributed by atoms with Crippen molar-refractivity contribution in [1.29, 1.82) is 0 Å². The molecule has 0 heterocycles. The van der Waals surface area contributed by atoms with Gasteiger partial charge in [-0.1, -0.05) is 24.3 Å². The number of benzene rings is 2. The minimum absolute atomic E-state index is 0. The number of hydrogen-bond donors (Lipinski definition) is 2. The van der Waals surface area contributed by atoms with Crippen LogP contribution in [0.5, 0.6) is 11.5 Å². The van der Waals surface area contributed by atoms with Crippen molar-refractivity contribution in [2.75, 3.05) is 0 Å². The number of rotatable bonds is 0. The van der Waals surface area contributed by atoms with E-state index in [0.29, 0.717) is 0 Å². The fourth-order valence-corrected chi connectivity index (χ4v) is 1.22. The smallest absolute Gasteiger partial charge is 0.158 e. The molecule has 0 amide bonds. The molecule has 0 aliphatic heterocycles. The first-order chi connectivity index (χ1) is 5.77. The Balaban J connectivity index is 0.000000845. The van der Waals surface area contributed by atoms with Gasteiger partial charge in [-0.25, -0.2) is 0 Å². The largest absolute Gasteiger partial charge is 0.504 e. The highest BCUT2D eigenvalue weighted by Crippen LogP contribution is 2.29. The second kappa shape index (κ2) is 3.54. The number of phenolic OH excluding ortho intramolecular Hbond substituents is 2. The van der Waals surface area contributed by atoms with E-state index in [4.69, 9.17) is 10.2 Å². The van der Waals surface area contributed by atoms with E-state index in [0.717, 1.165) is 10.8 Å². The van der Waals surface area contributed by atoms with Gasteiger partial charge in [-0.3, -0.25) is 0 Å². The van der Waals surface area contributed by atoms with Crippen LogP contribution in [0.4, 0.5) is 0 Å². The van der Waals surface area contributed by atoms with E-state index in [2.05, 4.69) is 0 Å². The Labute approximate surface area is 81.9 Å². The fourth-order valence-electron chi connectivity index (χ4n) is 1.22. The van der Waals surface area contributed by atoms with E-state index in [1.807, 2.05) is 24.3 Å². The summed E-state index contributed by atoms with van der Waals surface area (Å²) in [5.74, 6) is -0.151. The van der Waals surface area contributed by atoms with Gasteiger partial charge in [-0.05, 0) is 22.9 Å². The fraction of sp³-hybridized carbons (Fsp3) is 0. The Morgan fingerprint density at radius 2 is 1.15 bits per heavy atom. The van der Waals surface area contributed by atoms with Crippen LogP contribution in [0.3, 0.4) is 0 Å². The molecule has 13 heavy (non-hydrogen) atoms. The predicted octanol–water partition coefficient (Wildman–Crippen LogP) is 2.67. The van der Waals surface area contributed by atoms with E-state index in [1.54, 1.807) is 12.1 Å². The summed E-state index contributed by atoms with van der Waals surface area (Å²) in [5.41, 5.74) is 0. The van der Waals surface area contributed by atoms with Gasteiger partial charge in [0, 0.05) is 0 Å². The van der Waals surface area contributed by atoms with Crippen LogP contribution in [0.1, 0.15) is 0 Å². The quantitative estimate of drug-likeness (QED) is 0.636. The minimum atomic E-state index is -0.0753. The standard InChI is InChI=1S/C10H8O2.ClH/c11-9-5-7-3-1-2-4-8(7)6-10(9)12;/h1-6,11-12H;1H. The number of phenols is 2. The molecule has 68 valence electrons. The van der Waals surface area contributed by atoms with Crippen molar-refractivity contribution < 1.29 is 10.2 Å². The Morgan fingerprint density at radius 1 is 0.769 bits per heavy atom. The summed E-state index contributed by atoms with van der Waals surface area (Å²) >= 11 is 0. The van der Waals surface area contributed by atoms with Gasteiger partial charge in [0.05, 0.1) is 0 Å². The van der Waals surface area contributed by atoms with E-state index in [-0.39, 0.29) is 23.9 Å². The van der Waals surface area contributed by atoms with Gasteiger partial charge in [0.15, 0.2) is 11.5 Å². The number of hydrogen-bond acceptors (Lipinski definition) is 2. The zero-order chi connectivity index (χ0) is 8.55. The first-order valence-electron chi connectivity index (χ1n) is 3.68. The van der Waals surface area contributed by atoms with Crippen LogP contribution in [-0.2, 0) is 0 Å². The maximum atomic E-state index is 9.17. The Bertz CT molecular complexity index is 386. The lowest BCUT2D eigenvalue weighted by atomic mass is 10.1. The molecule has 2 aromatic carbocycles. The van der Waals surface area contributed by atoms with Crippen LogP contribution in [-0.4, -0.2) is 10.2 Å². The van der Waals surface area contributed by atoms with Crippen molar-refractivity contribution >= 4 is 23.2 Å². The summed E-state index contributed by atoms with van der Waals surface area (Å²) in [6, 6.07) is 10.6. The van der Waals surface area contributed by atoms with Gasteiger partial charge in [0.2, 0.25) is 0 Å². The molecule has 3 heteroatoms. The summed E-state index contributed by atoms with van der Waals surface area (Å²) in [6.07, 6.45) is 0. The van der Waals surface area contributed by atoms with Crippen LogP contribution in [0.2, 0.25) is 0 Å². The molecule has 0 atom stereocenters. The zero-order valence-corrected chi connectivity index (χ0v) is 7.58. The summed E-state index contributed by atoms with van der Waals surface area (Å²) in [4.78, 5) is 0. The molecule has 0 aliphatic rings. The van der Waals surface area contributed by atoms with Crippen molar-refractivity contribution in [1.82, 2.24) is 0 Å². The molecule has 2 N–H and O–H groups in total. The third-order valence-corrected chi connectivity index (χ3v) is 1.84. The minimum Gasteiger partial charge on any atom is -0.504 e. The molecule has 0 radical (unpaired) electrons. The van der Waals surface area contributed by atoms with Gasteiger partial charge in [0.1, 0.15) is 0 Å². The monoisotopic (exact) mass is 196 g/mol. The Kier molecular flexibility index (Phi) is 2.63. The van der Waals surface area contributed by atoms with Crippen LogP contribution >= 0.6 is 12.4 Å². The topological polar surface area (TPSA) is 40.5 Å². The first kappa shape index (κ1) is 9.68. The molecule has 0 aliphatic carbocycles. The van der Waals surface area contributed by atoms with Crippen LogP contribution in [0, 0.1) is 0 Å². The molecule has 2 nitrogen and oxygen atoms in total. The molecule has 2 aromatic rings. The van der Waals surface area contributed by atoms with Crippen molar-refractivity contribution in [3.63, 3.8) is 0 Å². The van der Waals surface area contributed by atoms with Crippen molar-refractivity contribution in [3.05, 3.63) is 36.4 Å². The maximum absolute atomic E-state index is 9.17. The lowest BCUT2D eigenvalue weighted by molar-refractivity contribution is 0.405. The van der Waals surface area contributed by atoms with Gasteiger partial charge in [-0.2, -0.15) is 0 Å². The van der Waals surface area contributed by atoms with Crippen LogP contribution < -0.4 is 0 Å². The summed E-state index contributed by atoms with van der Waals surface area (Å²) in [5, 5.41) is 20.2. The average Bonchev–Trinajstić information content (AvgIpc) is 2.07. The van der Waals surface area contributed by atoms with Gasteiger partial charge < -0.3 is 10.2 Å². The second-order valence-electron chi connectivity index (χ2n) is 2.69. The van der Waals surface area contributed by atoms with Crippen LogP contribution in [0.25, 0.3) is 10.8 Å². The predicted molar refractivity (Wildman–Crippen MR) is 54.5 cm³/mol. The van der Waals surface area contributed by atoms with Crippen molar-refractivity contribution in [2.45, 2.75) is 0 Å². The molecular formula is C10H9ClO2. The van der Waals surface area contributed by atoms with E-state index in [9.17, 15) is 0 Å². The van der Waals surface area contributed by atoms with Gasteiger partial charge >= 0.3 is 0 Å². The molecule has 0 spiro atoms. The molecule has 0 saturated heterocycles. The van der Waals surface area contributed by atoms with Gasteiger partial charge in [-0.15, -0.1) is 12.4 Å². The van der Waals surface area contributed by atoms with Crippen molar-refractivity contribution in [3.8, 4) is 11.5 Å². The van der Waals surface area contributed by atoms with Gasteiger partial charge in [0.25, 0.3) is 0 Å². The highest BCUT2D eigenvalue weighted by molar-refractivity contribution is 5.86. The summed E-state index contributed by atoms with van der Waals surface area (Å²) < 4.78 is 0.